The van der Waals surface area contributed by atoms with Crippen LogP contribution in [0, 0.1) is 0 Å². The molecule has 0 heterocycles. The van der Waals surface area contributed by atoms with E-state index in [1.54, 1.807) is 0 Å². The third kappa shape index (κ3) is 6.41. The van der Waals surface area contributed by atoms with Gasteiger partial charge in [0.2, 0.25) is 0 Å². The van der Waals surface area contributed by atoms with Crippen molar-refractivity contribution < 1.29 is 0 Å². The molecule has 0 aliphatic heterocycles. The highest BCUT2D eigenvalue weighted by atomic mass is 15.1. The molecule has 11 aromatic rings. The van der Waals surface area contributed by atoms with Crippen molar-refractivity contribution in [2.45, 2.75) is 0 Å². The van der Waals surface area contributed by atoms with Crippen LogP contribution in [0.3, 0.4) is 0 Å². The quantitative estimate of drug-likeness (QED) is 0.142. The summed E-state index contributed by atoms with van der Waals surface area (Å²) in [5.74, 6) is 0. The third-order valence-electron chi connectivity index (χ3n) is 11.7. The maximum Gasteiger partial charge on any atom is 0.0474 e. The zero-order chi connectivity index (χ0) is 39.8. The number of nitrogens with zero attached hydrogens (tertiary/aromatic N) is 2. The number of fused-ring (bicyclic) bond motifs is 5. The Morgan fingerprint density at radius 1 is 0.200 bits per heavy atom. The highest BCUT2D eigenvalue weighted by Crippen LogP contribution is 2.47. The zero-order valence-corrected chi connectivity index (χ0v) is 33.0. The first-order valence-corrected chi connectivity index (χ1v) is 20.6. The molecule has 60 heavy (non-hydrogen) atoms. The number of rotatable bonds is 8. The van der Waals surface area contributed by atoms with Crippen LogP contribution in [-0.2, 0) is 0 Å². The fraction of sp³-hybridized carbons (Fsp3) is 0. The topological polar surface area (TPSA) is 6.48 Å². The minimum atomic E-state index is 1.10. The first-order chi connectivity index (χ1) is 29.7. The van der Waals surface area contributed by atoms with Gasteiger partial charge >= 0.3 is 0 Å². The van der Waals surface area contributed by atoms with Gasteiger partial charge in [0.05, 0.1) is 0 Å². The second-order valence-electron chi connectivity index (χ2n) is 15.4. The number of benzene rings is 11. The predicted octanol–water partition coefficient (Wildman–Crippen LogP) is 16.6. The SMILES string of the molecule is c1ccc(-c2cc(N(c3ccccc3)c3ccc4ccccc4c3)cc3ccc4cc(N(c5ccccc5)c5ccc6ccccc6c5)cc(-c5ccccc5)c4c23)cc1. The first kappa shape index (κ1) is 35.2. The highest BCUT2D eigenvalue weighted by molar-refractivity contribution is 6.21. The molecule has 2 heteroatoms. The molecule has 0 saturated heterocycles. The van der Waals surface area contributed by atoms with E-state index in [2.05, 4.69) is 252 Å². The maximum absolute atomic E-state index is 2.40. The average Bonchev–Trinajstić information content (AvgIpc) is 3.32. The Hall–Kier alpha value is -7.94. The molecule has 0 spiro atoms. The van der Waals surface area contributed by atoms with Gasteiger partial charge in [0.1, 0.15) is 0 Å². The summed E-state index contributed by atoms with van der Waals surface area (Å²) in [6.07, 6.45) is 0. The van der Waals surface area contributed by atoms with Gasteiger partial charge in [-0.1, -0.05) is 170 Å². The Morgan fingerprint density at radius 2 is 0.517 bits per heavy atom. The molecule has 0 bridgehead atoms. The lowest BCUT2D eigenvalue weighted by Gasteiger charge is -2.28. The van der Waals surface area contributed by atoms with Crippen LogP contribution < -0.4 is 9.80 Å². The van der Waals surface area contributed by atoms with E-state index in [1.807, 2.05) is 0 Å². The fourth-order valence-corrected chi connectivity index (χ4v) is 8.93. The molecule has 11 aromatic carbocycles. The van der Waals surface area contributed by atoms with E-state index < -0.39 is 0 Å². The van der Waals surface area contributed by atoms with Crippen molar-refractivity contribution in [2.24, 2.45) is 0 Å². The standard InChI is InChI=1S/C58H40N2/c1-5-19-43(20-6-1)55-39-53(59(49-25-9-3-10-26-49)51-33-31-41-17-13-15-23-45(41)35-51)37-47-29-30-48-38-54(40-56(58(48)57(47)55)44-21-7-2-8-22-44)60(50-27-11-4-12-28-50)52-34-32-42-18-14-16-24-46(42)36-52/h1-40H. The van der Waals surface area contributed by atoms with Gasteiger partial charge in [-0.2, -0.15) is 0 Å². The lowest BCUT2D eigenvalue weighted by atomic mass is 9.88. The summed E-state index contributed by atoms with van der Waals surface area (Å²) in [6, 6.07) is 88.1. The van der Waals surface area contributed by atoms with Crippen LogP contribution >= 0.6 is 0 Å². The number of hydrogen-bond acceptors (Lipinski definition) is 2. The van der Waals surface area contributed by atoms with Gasteiger partial charge in [0.15, 0.2) is 0 Å². The molecule has 11 rings (SSSR count). The van der Waals surface area contributed by atoms with Crippen molar-refractivity contribution in [1.29, 1.82) is 0 Å². The van der Waals surface area contributed by atoms with Crippen molar-refractivity contribution in [3.63, 3.8) is 0 Å². The molecule has 0 aliphatic carbocycles. The number of para-hydroxylation sites is 2. The monoisotopic (exact) mass is 764 g/mol. The van der Waals surface area contributed by atoms with Crippen LogP contribution in [0.4, 0.5) is 34.1 Å². The van der Waals surface area contributed by atoms with Crippen molar-refractivity contribution >= 4 is 77.2 Å². The van der Waals surface area contributed by atoms with Crippen LogP contribution in [-0.4, -0.2) is 0 Å². The smallest absolute Gasteiger partial charge is 0.0474 e. The summed E-state index contributed by atoms with van der Waals surface area (Å²) in [7, 11) is 0. The summed E-state index contributed by atoms with van der Waals surface area (Å²) in [6.45, 7) is 0. The highest BCUT2D eigenvalue weighted by Gasteiger charge is 2.22. The Labute approximate surface area is 350 Å². The predicted molar refractivity (Wildman–Crippen MR) is 257 cm³/mol. The normalized spacial score (nSPS) is 11.3. The van der Waals surface area contributed by atoms with Gasteiger partial charge < -0.3 is 9.80 Å². The summed E-state index contributed by atoms with van der Waals surface area (Å²) in [4.78, 5) is 4.79. The second kappa shape index (κ2) is 15.1. The summed E-state index contributed by atoms with van der Waals surface area (Å²) < 4.78 is 0. The summed E-state index contributed by atoms with van der Waals surface area (Å²) in [5, 5.41) is 9.70. The van der Waals surface area contributed by atoms with Gasteiger partial charge in [0, 0.05) is 34.1 Å². The molecule has 0 N–H and O–H groups in total. The van der Waals surface area contributed by atoms with Crippen LogP contribution in [0.1, 0.15) is 0 Å². The minimum absolute atomic E-state index is 1.10. The van der Waals surface area contributed by atoms with E-state index >= 15 is 0 Å². The number of anilines is 6. The molecule has 0 saturated carbocycles. The second-order valence-corrected chi connectivity index (χ2v) is 15.4. The van der Waals surface area contributed by atoms with Crippen LogP contribution in [0.25, 0.3) is 65.3 Å². The van der Waals surface area contributed by atoms with Gasteiger partial charge in [-0.15, -0.1) is 0 Å². The fourth-order valence-electron chi connectivity index (χ4n) is 8.93. The van der Waals surface area contributed by atoms with Crippen LogP contribution in [0.15, 0.2) is 243 Å². The molecule has 0 unspecified atom stereocenters. The van der Waals surface area contributed by atoms with Crippen molar-refractivity contribution in [2.75, 3.05) is 9.80 Å². The molecule has 0 amide bonds. The van der Waals surface area contributed by atoms with Crippen molar-refractivity contribution in [3.05, 3.63) is 243 Å². The third-order valence-corrected chi connectivity index (χ3v) is 11.7. The molecule has 0 aromatic heterocycles. The number of hydrogen-bond donors (Lipinski definition) is 0. The van der Waals surface area contributed by atoms with Gasteiger partial charge in [-0.25, -0.2) is 0 Å². The lowest BCUT2D eigenvalue weighted by molar-refractivity contribution is 1.29. The maximum atomic E-state index is 2.40. The van der Waals surface area contributed by atoms with Gasteiger partial charge in [-0.05, 0) is 138 Å². The van der Waals surface area contributed by atoms with Crippen LogP contribution in [0.2, 0.25) is 0 Å². The van der Waals surface area contributed by atoms with E-state index in [9.17, 15) is 0 Å². The van der Waals surface area contributed by atoms with E-state index in [4.69, 9.17) is 0 Å². The summed E-state index contributed by atoms with van der Waals surface area (Å²) >= 11 is 0. The van der Waals surface area contributed by atoms with Crippen LogP contribution in [0.5, 0.6) is 0 Å². The molecule has 0 fully saturated rings. The molecular weight excluding hydrogens is 725 g/mol. The van der Waals surface area contributed by atoms with E-state index in [1.165, 1.54) is 65.3 Å². The Kier molecular flexibility index (Phi) is 8.87. The Bertz CT molecular complexity index is 3080. The van der Waals surface area contributed by atoms with Gasteiger partial charge in [0.25, 0.3) is 0 Å². The Balaban J connectivity index is 1.20. The van der Waals surface area contributed by atoms with E-state index in [0.717, 1.165) is 34.1 Å². The minimum Gasteiger partial charge on any atom is -0.310 e. The zero-order valence-electron chi connectivity index (χ0n) is 33.0. The first-order valence-electron chi connectivity index (χ1n) is 20.6. The lowest BCUT2D eigenvalue weighted by Crippen LogP contribution is -2.10. The molecule has 0 atom stereocenters. The molecular formula is C58H40N2. The molecule has 282 valence electrons. The van der Waals surface area contributed by atoms with E-state index in [0.29, 0.717) is 0 Å². The van der Waals surface area contributed by atoms with Crippen molar-refractivity contribution in [1.82, 2.24) is 0 Å². The summed E-state index contributed by atoms with van der Waals surface area (Å²) in [5.41, 5.74) is 11.4. The van der Waals surface area contributed by atoms with E-state index in [-0.39, 0.29) is 0 Å². The van der Waals surface area contributed by atoms with Crippen molar-refractivity contribution in [3.8, 4) is 22.3 Å². The Morgan fingerprint density at radius 3 is 0.917 bits per heavy atom. The molecule has 0 aliphatic rings. The molecule has 0 radical (unpaired) electrons. The average molecular weight is 765 g/mol. The largest absolute Gasteiger partial charge is 0.310 e. The van der Waals surface area contributed by atoms with Gasteiger partial charge in [-0.3, -0.25) is 0 Å². The molecule has 2 nitrogen and oxygen atoms in total.